The second-order valence-corrected chi connectivity index (χ2v) is 5.15. The maximum atomic E-state index is 5.86. The lowest BCUT2D eigenvalue weighted by molar-refractivity contribution is 0.357. The monoisotopic (exact) mass is 253 g/mol. The average molecular weight is 254 g/mol. The van der Waals surface area contributed by atoms with E-state index in [0.717, 1.165) is 37.2 Å². The number of rotatable bonds is 1. The van der Waals surface area contributed by atoms with Crippen molar-refractivity contribution in [2.45, 2.75) is 25.8 Å². The van der Waals surface area contributed by atoms with Crippen LogP contribution in [0.15, 0.2) is 0 Å². The van der Waals surface area contributed by atoms with E-state index in [1.807, 2.05) is 6.92 Å². The molecular weight excluding hydrogens is 238 g/mol. The molecule has 2 fully saturated rings. The molecule has 17 heavy (non-hydrogen) atoms. The van der Waals surface area contributed by atoms with E-state index in [1.165, 1.54) is 12.8 Å². The van der Waals surface area contributed by atoms with E-state index in [9.17, 15) is 0 Å². The van der Waals surface area contributed by atoms with Crippen LogP contribution in [0.5, 0.6) is 0 Å². The minimum atomic E-state index is 0.395. The maximum absolute atomic E-state index is 5.86. The summed E-state index contributed by atoms with van der Waals surface area (Å²) >= 11 is 5.86. The smallest absolute Gasteiger partial charge is 0.245 e. The molecule has 5 nitrogen and oxygen atoms in total. The van der Waals surface area contributed by atoms with Gasteiger partial charge in [0.2, 0.25) is 5.95 Å². The molecule has 2 saturated heterocycles. The Balaban J connectivity index is 1.86. The first kappa shape index (κ1) is 11.2. The van der Waals surface area contributed by atoms with Crippen LogP contribution in [0.4, 0.5) is 5.95 Å². The van der Waals surface area contributed by atoms with Gasteiger partial charge in [0.25, 0.3) is 0 Å². The molecule has 6 heteroatoms. The zero-order valence-electron chi connectivity index (χ0n) is 9.86. The molecule has 0 aliphatic carbocycles. The van der Waals surface area contributed by atoms with Crippen LogP contribution < -0.4 is 10.2 Å². The van der Waals surface area contributed by atoms with Gasteiger partial charge in [0.1, 0.15) is 0 Å². The van der Waals surface area contributed by atoms with Crippen LogP contribution in [0.2, 0.25) is 5.15 Å². The highest BCUT2D eigenvalue weighted by Crippen LogP contribution is 2.31. The van der Waals surface area contributed by atoms with Gasteiger partial charge in [-0.2, -0.15) is 0 Å². The molecule has 3 rings (SSSR count). The second-order valence-electron chi connectivity index (χ2n) is 4.79. The van der Waals surface area contributed by atoms with Crippen LogP contribution >= 0.6 is 11.6 Å². The van der Waals surface area contributed by atoms with Gasteiger partial charge in [0.15, 0.2) is 5.15 Å². The summed E-state index contributed by atoms with van der Waals surface area (Å²) < 4.78 is 0. The second kappa shape index (κ2) is 4.38. The van der Waals surface area contributed by atoms with Crippen molar-refractivity contribution in [2.24, 2.45) is 5.92 Å². The molecule has 1 aromatic rings. The van der Waals surface area contributed by atoms with Gasteiger partial charge < -0.3 is 10.2 Å². The first-order chi connectivity index (χ1) is 8.25. The third kappa shape index (κ3) is 1.98. The van der Waals surface area contributed by atoms with Crippen molar-refractivity contribution in [3.8, 4) is 0 Å². The first-order valence-electron chi connectivity index (χ1n) is 6.10. The normalized spacial score (nSPS) is 28.2. The van der Waals surface area contributed by atoms with Crippen molar-refractivity contribution >= 4 is 17.5 Å². The van der Waals surface area contributed by atoms with Crippen LogP contribution in [0.25, 0.3) is 0 Å². The molecule has 0 unspecified atom stereocenters. The molecule has 3 heterocycles. The summed E-state index contributed by atoms with van der Waals surface area (Å²) in [6.45, 7) is 5.05. The lowest BCUT2D eigenvalue weighted by Gasteiger charge is -2.31. The van der Waals surface area contributed by atoms with Gasteiger partial charge in [0.05, 0.1) is 5.69 Å². The summed E-state index contributed by atoms with van der Waals surface area (Å²) in [7, 11) is 0. The van der Waals surface area contributed by atoms with Crippen LogP contribution in [-0.4, -0.2) is 40.9 Å². The summed E-state index contributed by atoms with van der Waals surface area (Å²) in [5.41, 5.74) is 0.754. The largest absolute Gasteiger partial charge is 0.335 e. The van der Waals surface area contributed by atoms with Gasteiger partial charge >= 0.3 is 0 Å². The number of piperidine rings is 1. The Bertz CT molecular complexity index is 424. The molecule has 1 N–H and O–H groups in total. The lowest BCUT2D eigenvalue weighted by atomic mass is 9.93. The van der Waals surface area contributed by atoms with Gasteiger partial charge in [-0.3, -0.25) is 0 Å². The summed E-state index contributed by atoms with van der Waals surface area (Å²) in [6.07, 6.45) is 2.48. The lowest BCUT2D eigenvalue weighted by Crippen LogP contribution is -2.46. The molecule has 0 bridgehead atoms. The van der Waals surface area contributed by atoms with Crippen molar-refractivity contribution in [1.82, 2.24) is 20.5 Å². The van der Waals surface area contributed by atoms with Crippen LogP contribution in [0.3, 0.4) is 0 Å². The highest BCUT2D eigenvalue weighted by molar-refractivity contribution is 6.29. The van der Waals surface area contributed by atoms with E-state index in [0.29, 0.717) is 11.2 Å². The molecule has 0 aromatic carbocycles. The molecule has 92 valence electrons. The van der Waals surface area contributed by atoms with E-state index in [-0.39, 0.29) is 0 Å². The van der Waals surface area contributed by atoms with Crippen LogP contribution in [-0.2, 0) is 0 Å². The number of anilines is 1. The fourth-order valence-electron chi connectivity index (χ4n) is 2.82. The molecule has 0 saturated carbocycles. The Labute approximate surface area is 106 Å². The quantitative estimate of drug-likeness (QED) is 0.810. The van der Waals surface area contributed by atoms with Crippen molar-refractivity contribution in [1.29, 1.82) is 0 Å². The number of hydrogen-bond acceptors (Lipinski definition) is 5. The Morgan fingerprint density at radius 3 is 3.06 bits per heavy atom. The molecule has 2 aliphatic heterocycles. The molecule has 0 spiro atoms. The van der Waals surface area contributed by atoms with E-state index in [1.54, 1.807) is 0 Å². The molecule has 1 aromatic heterocycles. The van der Waals surface area contributed by atoms with E-state index >= 15 is 0 Å². The fourth-order valence-corrected chi connectivity index (χ4v) is 2.90. The number of aryl methyl sites for hydroxylation is 1. The topological polar surface area (TPSA) is 53.9 Å². The van der Waals surface area contributed by atoms with Gasteiger partial charge in [-0.05, 0) is 32.2 Å². The number of hydrogen-bond donors (Lipinski definition) is 1. The van der Waals surface area contributed by atoms with E-state index in [2.05, 4.69) is 25.4 Å². The zero-order valence-corrected chi connectivity index (χ0v) is 10.6. The molecule has 2 aliphatic rings. The van der Waals surface area contributed by atoms with Gasteiger partial charge in [0, 0.05) is 19.1 Å². The van der Waals surface area contributed by atoms with Crippen LogP contribution in [0.1, 0.15) is 18.5 Å². The Kier molecular flexibility index (Phi) is 2.88. The Morgan fingerprint density at radius 2 is 2.24 bits per heavy atom. The van der Waals surface area contributed by atoms with Crippen molar-refractivity contribution in [3.05, 3.63) is 10.8 Å². The minimum absolute atomic E-state index is 0.395. The maximum Gasteiger partial charge on any atom is 0.245 e. The molecule has 0 amide bonds. The van der Waals surface area contributed by atoms with Crippen molar-refractivity contribution in [2.75, 3.05) is 24.5 Å². The number of nitrogens with one attached hydrogen (secondary N) is 1. The van der Waals surface area contributed by atoms with E-state index in [4.69, 9.17) is 11.6 Å². The Morgan fingerprint density at radius 1 is 1.35 bits per heavy atom. The zero-order chi connectivity index (χ0) is 11.8. The minimum Gasteiger partial charge on any atom is -0.335 e. The summed E-state index contributed by atoms with van der Waals surface area (Å²) in [4.78, 5) is 6.71. The average Bonchev–Trinajstić information content (AvgIpc) is 2.76. The molecule has 0 radical (unpaired) electrons. The SMILES string of the molecule is Cc1nc(N2CC[C@@H]3CCNC[C@@H]32)nnc1Cl. The number of nitrogens with zero attached hydrogens (tertiary/aromatic N) is 4. The van der Waals surface area contributed by atoms with Crippen LogP contribution in [0, 0.1) is 12.8 Å². The summed E-state index contributed by atoms with van der Waals surface area (Å²) in [6, 6.07) is 0.520. The van der Waals surface area contributed by atoms with Gasteiger partial charge in [-0.1, -0.05) is 11.6 Å². The van der Waals surface area contributed by atoms with E-state index < -0.39 is 0 Å². The third-order valence-electron chi connectivity index (χ3n) is 3.78. The molecule has 2 atom stereocenters. The van der Waals surface area contributed by atoms with Crippen molar-refractivity contribution in [3.63, 3.8) is 0 Å². The predicted molar refractivity (Wildman–Crippen MR) is 66.3 cm³/mol. The van der Waals surface area contributed by atoms with Gasteiger partial charge in [-0.15, -0.1) is 10.2 Å². The standard InChI is InChI=1S/C11H16ClN5/c1-7-10(12)15-16-11(14-7)17-5-3-8-2-4-13-6-9(8)17/h8-9,13H,2-6H2,1H3/t8-,9-/m0/s1. The fraction of sp³-hybridized carbons (Fsp3) is 0.727. The highest BCUT2D eigenvalue weighted by atomic mass is 35.5. The van der Waals surface area contributed by atoms with Crippen molar-refractivity contribution < 1.29 is 0 Å². The van der Waals surface area contributed by atoms with Gasteiger partial charge in [-0.25, -0.2) is 4.98 Å². The number of halogens is 1. The Hall–Kier alpha value is -0.940. The summed E-state index contributed by atoms with van der Waals surface area (Å²) in [5, 5.41) is 11.9. The third-order valence-corrected chi connectivity index (χ3v) is 4.13. The number of fused-ring (bicyclic) bond motifs is 1. The summed E-state index contributed by atoms with van der Waals surface area (Å²) in [5.74, 6) is 1.50. The highest BCUT2D eigenvalue weighted by Gasteiger charge is 2.37. The first-order valence-corrected chi connectivity index (χ1v) is 6.47. The molecular formula is C11H16ClN5. The predicted octanol–water partition coefficient (Wildman–Crippen LogP) is 1.02. The number of aromatic nitrogens is 3.